The Kier molecular flexibility index (Phi) is 5.09. The number of hydrogen-bond acceptors (Lipinski definition) is 5. The molecule has 2 aliphatic rings. The van der Waals surface area contributed by atoms with Crippen LogP contribution in [0, 0.1) is 5.92 Å². The number of fused-ring (bicyclic) bond motifs is 1. The number of piperidine rings is 1. The summed E-state index contributed by atoms with van der Waals surface area (Å²) in [6.45, 7) is 2.16. The Morgan fingerprint density at radius 1 is 1.19 bits per heavy atom. The molecule has 4 rings (SSSR count). The van der Waals surface area contributed by atoms with Crippen LogP contribution < -0.4 is 4.74 Å². The predicted octanol–water partition coefficient (Wildman–Crippen LogP) is 2.68. The van der Waals surface area contributed by atoms with Gasteiger partial charge < -0.3 is 9.64 Å². The number of amides is 1. The van der Waals surface area contributed by atoms with E-state index in [1.54, 1.807) is 18.5 Å². The van der Waals surface area contributed by atoms with Crippen LogP contribution in [0.2, 0.25) is 0 Å². The summed E-state index contributed by atoms with van der Waals surface area (Å²) in [7, 11) is 0. The standard InChI is InChI=1S/C20H24N4O2/c25-20(17-5-3-9-21-13-17)24-10-7-15(8-11-24)14-26-19-12-16-4-1-2-6-18(16)22-23-19/h3,5,9,12-13,15H,1-2,4,6-8,10-11,14H2. The number of carbonyl (C=O) groups is 1. The molecule has 0 atom stereocenters. The van der Waals surface area contributed by atoms with Gasteiger partial charge in [-0.05, 0) is 62.1 Å². The van der Waals surface area contributed by atoms with Gasteiger partial charge in [0.2, 0.25) is 5.88 Å². The first-order valence-corrected chi connectivity index (χ1v) is 9.47. The van der Waals surface area contributed by atoms with E-state index >= 15 is 0 Å². The molecule has 26 heavy (non-hydrogen) atoms. The summed E-state index contributed by atoms with van der Waals surface area (Å²) in [5, 5.41) is 8.53. The number of rotatable bonds is 4. The van der Waals surface area contributed by atoms with Crippen molar-refractivity contribution in [2.45, 2.75) is 38.5 Å². The summed E-state index contributed by atoms with van der Waals surface area (Å²) in [6, 6.07) is 5.68. The van der Waals surface area contributed by atoms with Crippen molar-refractivity contribution < 1.29 is 9.53 Å². The molecule has 0 spiro atoms. The van der Waals surface area contributed by atoms with Gasteiger partial charge in [0.05, 0.1) is 17.9 Å². The highest BCUT2D eigenvalue weighted by Gasteiger charge is 2.24. The fourth-order valence-electron chi connectivity index (χ4n) is 3.72. The number of ether oxygens (including phenoxy) is 1. The molecule has 1 saturated heterocycles. The molecule has 0 aromatic carbocycles. The summed E-state index contributed by atoms with van der Waals surface area (Å²) in [4.78, 5) is 18.4. The number of hydrogen-bond donors (Lipinski definition) is 0. The molecule has 2 aromatic rings. The molecule has 1 amide bonds. The quantitative estimate of drug-likeness (QED) is 0.846. The van der Waals surface area contributed by atoms with Crippen LogP contribution in [0.25, 0.3) is 0 Å². The van der Waals surface area contributed by atoms with Crippen molar-refractivity contribution in [1.29, 1.82) is 0 Å². The van der Waals surface area contributed by atoms with E-state index in [4.69, 9.17) is 4.74 Å². The van der Waals surface area contributed by atoms with Gasteiger partial charge in [-0.15, -0.1) is 5.10 Å². The van der Waals surface area contributed by atoms with Gasteiger partial charge >= 0.3 is 0 Å². The Balaban J connectivity index is 1.27. The van der Waals surface area contributed by atoms with Gasteiger partial charge in [0.1, 0.15) is 0 Å². The van der Waals surface area contributed by atoms with E-state index in [9.17, 15) is 4.79 Å². The summed E-state index contributed by atoms with van der Waals surface area (Å²) < 4.78 is 5.90. The second kappa shape index (κ2) is 7.81. The van der Waals surface area contributed by atoms with Crippen LogP contribution >= 0.6 is 0 Å². The molecule has 3 heterocycles. The van der Waals surface area contributed by atoms with Crippen molar-refractivity contribution in [1.82, 2.24) is 20.1 Å². The van der Waals surface area contributed by atoms with Crippen molar-refractivity contribution in [3.05, 3.63) is 47.4 Å². The molecule has 1 aliphatic heterocycles. The summed E-state index contributed by atoms with van der Waals surface area (Å²) >= 11 is 0. The van der Waals surface area contributed by atoms with E-state index < -0.39 is 0 Å². The number of aromatic nitrogens is 3. The average molecular weight is 352 g/mol. The Bertz CT molecular complexity index is 758. The lowest BCUT2D eigenvalue weighted by atomic mass is 9.96. The lowest BCUT2D eigenvalue weighted by Gasteiger charge is -2.31. The first kappa shape index (κ1) is 16.9. The van der Waals surface area contributed by atoms with Crippen LogP contribution in [-0.4, -0.2) is 45.7 Å². The van der Waals surface area contributed by atoms with Crippen LogP contribution in [-0.2, 0) is 12.8 Å². The van der Waals surface area contributed by atoms with Gasteiger partial charge in [-0.3, -0.25) is 9.78 Å². The predicted molar refractivity (Wildman–Crippen MR) is 97.0 cm³/mol. The molecule has 1 aliphatic carbocycles. The second-order valence-electron chi connectivity index (χ2n) is 7.15. The lowest BCUT2D eigenvalue weighted by molar-refractivity contribution is 0.0658. The van der Waals surface area contributed by atoms with Gasteiger partial charge in [0.15, 0.2) is 0 Å². The van der Waals surface area contributed by atoms with Crippen LogP contribution in [0.5, 0.6) is 5.88 Å². The zero-order valence-electron chi connectivity index (χ0n) is 14.9. The molecule has 1 fully saturated rings. The highest BCUT2D eigenvalue weighted by atomic mass is 16.5. The van der Waals surface area contributed by atoms with Gasteiger partial charge in [-0.2, -0.15) is 5.10 Å². The van der Waals surface area contributed by atoms with Crippen LogP contribution in [0.3, 0.4) is 0 Å². The van der Waals surface area contributed by atoms with Crippen molar-refractivity contribution in [3.8, 4) is 5.88 Å². The Morgan fingerprint density at radius 2 is 2.04 bits per heavy atom. The van der Waals surface area contributed by atoms with Gasteiger partial charge in [0, 0.05) is 31.5 Å². The second-order valence-corrected chi connectivity index (χ2v) is 7.15. The van der Waals surface area contributed by atoms with Gasteiger partial charge in [0.25, 0.3) is 5.91 Å². The minimum absolute atomic E-state index is 0.0676. The lowest BCUT2D eigenvalue weighted by Crippen LogP contribution is -2.39. The normalized spacial score (nSPS) is 17.6. The first-order chi connectivity index (χ1) is 12.8. The van der Waals surface area contributed by atoms with E-state index in [1.807, 2.05) is 11.0 Å². The number of pyridine rings is 1. The van der Waals surface area contributed by atoms with Crippen molar-refractivity contribution in [2.75, 3.05) is 19.7 Å². The largest absolute Gasteiger partial charge is 0.476 e. The number of nitrogens with zero attached hydrogens (tertiary/aromatic N) is 4. The molecule has 0 saturated carbocycles. The van der Waals surface area contributed by atoms with E-state index in [2.05, 4.69) is 21.2 Å². The molecule has 0 unspecified atom stereocenters. The van der Waals surface area contributed by atoms with E-state index in [1.165, 1.54) is 18.4 Å². The zero-order valence-corrected chi connectivity index (χ0v) is 14.9. The Morgan fingerprint density at radius 3 is 2.85 bits per heavy atom. The Hall–Kier alpha value is -2.50. The minimum atomic E-state index is 0.0676. The van der Waals surface area contributed by atoms with Gasteiger partial charge in [-0.25, -0.2) is 0 Å². The van der Waals surface area contributed by atoms with Crippen LogP contribution in [0.4, 0.5) is 0 Å². The van der Waals surface area contributed by atoms with Crippen molar-refractivity contribution in [3.63, 3.8) is 0 Å². The summed E-state index contributed by atoms with van der Waals surface area (Å²) in [6.07, 6.45) is 9.76. The highest BCUT2D eigenvalue weighted by Crippen LogP contribution is 2.23. The third-order valence-electron chi connectivity index (χ3n) is 5.32. The maximum Gasteiger partial charge on any atom is 0.255 e. The number of aryl methyl sites for hydroxylation is 2. The van der Waals surface area contributed by atoms with Crippen molar-refractivity contribution >= 4 is 5.91 Å². The summed E-state index contributed by atoms with van der Waals surface area (Å²) in [5.41, 5.74) is 3.08. The maximum atomic E-state index is 12.5. The smallest absolute Gasteiger partial charge is 0.255 e. The molecule has 6 nitrogen and oxygen atoms in total. The molecule has 136 valence electrons. The molecule has 2 aromatic heterocycles. The maximum absolute atomic E-state index is 12.5. The third kappa shape index (κ3) is 3.84. The summed E-state index contributed by atoms with van der Waals surface area (Å²) in [5.74, 6) is 1.16. The fourth-order valence-corrected chi connectivity index (χ4v) is 3.72. The minimum Gasteiger partial charge on any atom is -0.476 e. The number of carbonyl (C=O) groups excluding carboxylic acids is 1. The highest BCUT2D eigenvalue weighted by molar-refractivity contribution is 5.93. The molecule has 0 radical (unpaired) electrons. The molecule has 6 heteroatoms. The van der Waals surface area contributed by atoms with Crippen molar-refractivity contribution in [2.24, 2.45) is 5.92 Å². The van der Waals surface area contributed by atoms with E-state index in [0.29, 0.717) is 24.0 Å². The van der Waals surface area contributed by atoms with Crippen LogP contribution in [0.15, 0.2) is 30.6 Å². The molecular formula is C20H24N4O2. The number of likely N-dealkylation sites (tertiary alicyclic amines) is 1. The fraction of sp³-hybridized carbons (Fsp3) is 0.500. The van der Waals surface area contributed by atoms with Gasteiger partial charge in [-0.1, -0.05) is 0 Å². The third-order valence-corrected chi connectivity index (χ3v) is 5.32. The van der Waals surface area contributed by atoms with E-state index in [-0.39, 0.29) is 5.91 Å². The molecule has 0 bridgehead atoms. The monoisotopic (exact) mass is 352 g/mol. The van der Waals surface area contributed by atoms with E-state index in [0.717, 1.165) is 44.5 Å². The topological polar surface area (TPSA) is 68.2 Å². The van der Waals surface area contributed by atoms with Crippen LogP contribution in [0.1, 0.15) is 47.3 Å². The Labute approximate surface area is 153 Å². The molecular weight excluding hydrogens is 328 g/mol. The molecule has 0 N–H and O–H groups in total. The first-order valence-electron chi connectivity index (χ1n) is 9.47. The average Bonchev–Trinajstić information content (AvgIpc) is 2.72. The SMILES string of the molecule is O=C(c1cccnc1)N1CCC(COc2cc3c(nn2)CCCC3)CC1. The zero-order chi connectivity index (χ0) is 17.8.